The Morgan fingerprint density at radius 1 is 1.27 bits per heavy atom. The molecule has 0 radical (unpaired) electrons. The zero-order valence-electron chi connectivity index (χ0n) is 15.2. The summed E-state index contributed by atoms with van der Waals surface area (Å²) in [5.74, 6) is -0.0956. The zero-order chi connectivity index (χ0) is 18.9. The van der Waals surface area contributed by atoms with Crippen LogP contribution in [0.2, 0.25) is 0 Å². The number of carbonyl (C=O) groups is 1. The van der Waals surface area contributed by atoms with Crippen molar-refractivity contribution in [2.24, 2.45) is 11.7 Å². The highest BCUT2D eigenvalue weighted by Crippen LogP contribution is 2.34. The van der Waals surface area contributed by atoms with E-state index in [1.54, 1.807) is 6.07 Å². The van der Waals surface area contributed by atoms with Gasteiger partial charge in [-0.1, -0.05) is 12.8 Å². The monoisotopic (exact) mass is 381 g/mol. The van der Waals surface area contributed by atoms with Gasteiger partial charge >= 0.3 is 0 Å². The van der Waals surface area contributed by atoms with E-state index >= 15 is 0 Å². The number of methoxy groups -OCH3 is 1. The van der Waals surface area contributed by atoms with Crippen LogP contribution < -0.4 is 20.5 Å². The zero-order valence-corrected chi connectivity index (χ0v) is 16.1. The number of hydrogen-bond acceptors (Lipinski definition) is 5. The first kappa shape index (κ1) is 19.1. The van der Waals surface area contributed by atoms with E-state index in [2.05, 4.69) is 10.0 Å². The van der Waals surface area contributed by atoms with E-state index in [9.17, 15) is 13.2 Å². The summed E-state index contributed by atoms with van der Waals surface area (Å²) in [6, 6.07) is 4.49. The minimum absolute atomic E-state index is 0.0142. The maximum absolute atomic E-state index is 12.8. The van der Waals surface area contributed by atoms with Gasteiger partial charge in [0.15, 0.2) is 0 Å². The minimum Gasteiger partial charge on any atom is -0.495 e. The average Bonchev–Trinajstić information content (AvgIpc) is 3.37. The minimum atomic E-state index is -3.61. The first-order chi connectivity index (χ1) is 12.2. The molecule has 0 bridgehead atoms. The van der Waals surface area contributed by atoms with Crippen LogP contribution in [0.1, 0.15) is 45.4 Å². The van der Waals surface area contributed by atoms with Crippen LogP contribution >= 0.6 is 0 Å². The number of nitrogens with two attached hydrogens (primary N) is 1. The van der Waals surface area contributed by atoms with Gasteiger partial charge in [0.05, 0.1) is 23.6 Å². The molecule has 0 aliphatic heterocycles. The SMILES string of the molecule is COc1ccc(S(=O)(=O)NC2CC2)cc1NC(=O)C1CCCCC1(C)N. The molecular formula is C18H27N3O4S. The summed E-state index contributed by atoms with van der Waals surface area (Å²) < 4.78 is 32.8. The molecule has 1 aromatic rings. The Labute approximate surface area is 154 Å². The molecule has 4 N–H and O–H groups in total. The van der Waals surface area contributed by atoms with E-state index < -0.39 is 15.6 Å². The van der Waals surface area contributed by atoms with Crippen LogP contribution in [-0.4, -0.2) is 33.0 Å². The van der Waals surface area contributed by atoms with Gasteiger partial charge in [0.1, 0.15) is 5.75 Å². The fourth-order valence-electron chi connectivity index (χ4n) is 3.45. The predicted molar refractivity (Wildman–Crippen MR) is 99.5 cm³/mol. The quantitative estimate of drug-likeness (QED) is 0.698. The Hall–Kier alpha value is -1.64. The molecule has 1 aromatic carbocycles. The Balaban J connectivity index is 1.83. The van der Waals surface area contributed by atoms with E-state index in [1.165, 1.54) is 19.2 Å². The number of ether oxygens (including phenoxy) is 1. The number of nitrogens with one attached hydrogen (secondary N) is 2. The third-order valence-electron chi connectivity index (χ3n) is 5.21. The smallest absolute Gasteiger partial charge is 0.240 e. The molecule has 2 unspecified atom stereocenters. The number of hydrogen-bond donors (Lipinski definition) is 3. The summed E-state index contributed by atoms with van der Waals surface area (Å²) in [6.07, 6.45) is 5.21. The van der Waals surface area contributed by atoms with E-state index in [-0.39, 0.29) is 22.8 Å². The summed E-state index contributed by atoms with van der Waals surface area (Å²) in [5, 5.41) is 2.83. The second kappa shape index (κ2) is 7.17. The van der Waals surface area contributed by atoms with Crippen molar-refractivity contribution in [3.8, 4) is 5.75 Å². The molecule has 0 heterocycles. The van der Waals surface area contributed by atoms with Crippen LogP contribution in [-0.2, 0) is 14.8 Å². The van der Waals surface area contributed by atoms with Gasteiger partial charge in [-0.2, -0.15) is 0 Å². The average molecular weight is 381 g/mol. The summed E-state index contributed by atoms with van der Waals surface area (Å²) in [7, 11) is -2.13. The highest BCUT2D eigenvalue weighted by Gasteiger charge is 2.38. The molecule has 26 heavy (non-hydrogen) atoms. The summed E-state index contributed by atoms with van der Waals surface area (Å²) >= 11 is 0. The molecule has 2 atom stereocenters. The standard InChI is InChI=1S/C18H27N3O4S/c1-18(19)10-4-3-5-14(18)17(22)20-15-11-13(8-9-16(15)25-2)26(23,24)21-12-6-7-12/h8-9,11-12,14,21H,3-7,10,19H2,1-2H3,(H,20,22). The van der Waals surface area contributed by atoms with E-state index in [4.69, 9.17) is 10.5 Å². The maximum atomic E-state index is 12.8. The summed E-state index contributed by atoms with van der Waals surface area (Å²) in [5.41, 5.74) is 6.09. The van der Waals surface area contributed by atoms with Gasteiger partial charge in [0, 0.05) is 11.6 Å². The first-order valence-electron chi connectivity index (χ1n) is 9.03. The second-order valence-electron chi connectivity index (χ2n) is 7.55. The highest BCUT2D eigenvalue weighted by atomic mass is 32.2. The Kier molecular flexibility index (Phi) is 5.28. The van der Waals surface area contributed by atoms with Crippen LogP contribution in [0, 0.1) is 5.92 Å². The molecule has 2 aliphatic rings. The fraction of sp³-hybridized carbons (Fsp3) is 0.611. The van der Waals surface area contributed by atoms with Gasteiger partial charge in [-0.3, -0.25) is 4.79 Å². The van der Waals surface area contributed by atoms with Gasteiger partial charge in [-0.05, 0) is 50.8 Å². The normalized spacial score (nSPS) is 26.3. The molecule has 3 rings (SSSR count). The summed E-state index contributed by atoms with van der Waals surface area (Å²) in [4.78, 5) is 12.9. The highest BCUT2D eigenvalue weighted by molar-refractivity contribution is 7.89. The molecule has 8 heteroatoms. The molecule has 7 nitrogen and oxygen atoms in total. The number of sulfonamides is 1. The molecule has 0 aromatic heterocycles. The van der Waals surface area contributed by atoms with Gasteiger partial charge < -0.3 is 15.8 Å². The lowest BCUT2D eigenvalue weighted by Gasteiger charge is -2.37. The molecule has 2 aliphatic carbocycles. The lowest BCUT2D eigenvalue weighted by molar-refractivity contribution is -0.122. The summed E-state index contributed by atoms with van der Waals surface area (Å²) in [6.45, 7) is 1.90. The number of carbonyl (C=O) groups excluding carboxylic acids is 1. The molecule has 2 saturated carbocycles. The predicted octanol–water partition coefficient (Wildman–Crippen LogP) is 1.98. The van der Waals surface area contributed by atoms with Crippen molar-refractivity contribution in [1.29, 1.82) is 0 Å². The van der Waals surface area contributed by atoms with E-state index in [0.29, 0.717) is 11.4 Å². The molecule has 1 amide bonds. The van der Waals surface area contributed by atoms with Crippen LogP contribution in [0.4, 0.5) is 5.69 Å². The van der Waals surface area contributed by atoms with E-state index in [0.717, 1.165) is 38.5 Å². The van der Waals surface area contributed by atoms with Crippen LogP contribution in [0.5, 0.6) is 5.75 Å². The number of benzene rings is 1. The van der Waals surface area contributed by atoms with Gasteiger partial charge in [-0.25, -0.2) is 13.1 Å². The third kappa shape index (κ3) is 4.19. The van der Waals surface area contributed by atoms with E-state index in [1.807, 2.05) is 6.92 Å². The molecule has 0 spiro atoms. The Morgan fingerprint density at radius 2 is 2.00 bits per heavy atom. The lowest BCUT2D eigenvalue weighted by atomic mass is 9.74. The number of rotatable bonds is 6. The lowest BCUT2D eigenvalue weighted by Crippen LogP contribution is -2.51. The maximum Gasteiger partial charge on any atom is 0.240 e. The van der Waals surface area contributed by atoms with Crippen LogP contribution in [0.25, 0.3) is 0 Å². The number of anilines is 1. The van der Waals surface area contributed by atoms with Gasteiger partial charge in [0.2, 0.25) is 15.9 Å². The third-order valence-corrected chi connectivity index (χ3v) is 6.73. The van der Waals surface area contributed by atoms with Crippen molar-refractivity contribution in [2.75, 3.05) is 12.4 Å². The second-order valence-corrected chi connectivity index (χ2v) is 9.27. The molecule has 2 fully saturated rings. The van der Waals surface area contributed by atoms with Crippen molar-refractivity contribution in [3.05, 3.63) is 18.2 Å². The molecular weight excluding hydrogens is 354 g/mol. The van der Waals surface area contributed by atoms with Gasteiger partial charge in [-0.15, -0.1) is 0 Å². The van der Waals surface area contributed by atoms with Gasteiger partial charge in [0.25, 0.3) is 0 Å². The van der Waals surface area contributed by atoms with Crippen LogP contribution in [0.15, 0.2) is 23.1 Å². The fourth-order valence-corrected chi connectivity index (χ4v) is 4.78. The van der Waals surface area contributed by atoms with Crippen molar-refractivity contribution < 1.29 is 17.9 Å². The Bertz CT molecular complexity index is 788. The van der Waals surface area contributed by atoms with Crippen molar-refractivity contribution >= 4 is 21.6 Å². The topological polar surface area (TPSA) is 111 Å². The van der Waals surface area contributed by atoms with Crippen molar-refractivity contribution in [3.63, 3.8) is 0 Å². The number of amides is 1. The Morgan fingerprint density at radius 3 is 2.62 bits per heavy atom. The first-order valence-corrected chi connectivity index (χ1v) is 10.5. The molecule has 0 saturated heterocycles. The largest absolute Gasteiger partial charge is 0.495 e. The molecule has 144 valence electrons. The van der Waals surface area contributed by atoms with Crippen molar-refractivity contribution in [2.45, 2.75) is 61.9 Å². The van der Waals surface area contributed by atoms with Crippen LogP contribution in [0.3, 0.4) is 0 Å². The van der Waals surface area contributed by atoms with Crippen molar-refractivity contribution in [1.82, 2.24) is 4.72 Å².